The van der Waals surface area contributed by atoms with E-state index in [1.54, 1.807) is 0 Å². The van der Waals surface area contributed by atoms with Gasteiger partial charge in [-0.15, -0.1) is 23.4 Å². The van der Waals surface area contributed by atoms with E-state index in [9.17, 15) is 18.0 Å². The lowest BCUT2D eigenvalue weighted by Gasteiger charge is -2.10. The van der Waals surface area contributed by atoms with Gasteiger partial charge in [-0.3, -0.25) is 4.79 Å². The predicted octanol–water partition coefficient (Wildman–Crippen LogP) is 2.88. The van der Waals surface area contributed by atoms with Crippen molar-refractivity contribution < 1.29 is 22.7 Å². The van der Waals surface area contributed by atoms with Crippen LogP contribution in [0, 0.1) is 0 Å². The number of aromatic nitrogens is 3. The standard InChI is InChI=1S/C17H19F3N4O2/c18-17(19,20)26-13-7-5-12(6-8-13)16(25)21-10-9-15-23-22-14-4-2-1-3-11-24(14)15/h5-8H,1-4,9-11H2,(H,21,25). The summed E-state index contributed by atoms with van der Waals surface area (Å²) in [5, 5.41) is 11.1. The summed E-state index contributed by atoms with van der Waals surface area (Å²) in [5.74, 6) is 1.11. The number of amides is 1. The number of hydrogen-bond acceptors (Lipinski definition) is 4. The summed E-state index contributed by atoms with van der Waals surface area (Å²) in [5.41, 5.74) is 0.264. The highest BCUT2D eigenvalue weighted by Crippen LogP contribution is 2.22. The number of benzene rings is 1. The van der Waals surface area contributed by atoms with Crippen LogP contribution in [0.15, 0.2) is 24.3 Å². The van der Waals surface area contributed by atoms with Gasteiger partial charge < -0.3 is 14.6 Å². The second-order valence-corrected chi connectivity index (χ2v) is 6.07. The number of fused-ring (bicyclic) bond motifs is 1. The Bertz CT molecular complexity index is 756. The molecule has 0 aliphatic carbocycles. The molecule has 0 unspecified atom stereocenters. The van der Waals surface area contributed by atoms with Crippen molar-refractivity contribution in [2.24, 2.45) is 0 Å². The Hall–Kier alpha value is -2.58. The van der Waals surface area contributed by atoms with Crippen molar-refractivity contribution in [3.8, 4) is 5.75 Å². The van der Waals surface area contributed by atoms with E-state index in [0.717, 1.165) is 49.6 Å². The van der Waals surface area contributed by atoms with Crippen molar-refractivity contribution in [1.82, 2.24) is 20.1 Å². The van der Waals surface area contributed by atoms with E-state index in [4.69, 9.17) is 0 Å². The first-order chi connectivity index (χ1) is 12.4. The number of rotatable bonds is 5. The molecule has 26 heavy (non-hydrogen) atoms. The number of nitrogens with one attached hydrogen (secondary N) is 1. The van der Waals surface area contributed by atoms with Crippen LogP contribution < -0.4 is 10.1 Å². The number of carbonyl (C=O) groups is 1. The van der Waals surface area contributed by atoms with Crippen LogP contribution in [0.3, 0.4) is 0 Å². The second kappa shape index (κ2) is 7.76. The molecular formula is C17H19F3N4O2. The molecule has 3 rings (SSSR count). The van der Waals surface area contributed by atoms with E-state index in [0.29, 0.717) is 13.0 Å². The molecule has 9 heteroatoms. The van der Waals surface area contributed by atoms with Crippen LogP contribution >= 0.6 is 0 Å². The summed E-state index contributed by atoms with van der Waals surface area (Å²) < 4.78 is 42.3. The minimum absolute atomic E-state index is 0.264. The maximum absolute atomic E-state index is 12.1. The molecule has 1 N–H and O–H groups in total. The third-order valence-corrected chi connectivity index (χ3v) is 4.17. The van der Waals surface area contributed by atoms with Crippen LogP contribution in [-0.2, 0) is 19.4 Å². The smallest absolute Gasteiger partial charge is 0.406 e. The van der Waals surface area contributed by atoms with Gasteiger partial charge in [-0.05, 0) is 37.1 Å². The van der Waals surface area contributed by atoms with Gasteiger partial charge in [0.15, 0.2) is 0 Å². The quantitative estimate of drug-likeness (QED) is 0.881. The molecular weight excluding hydrogens is 349 g/mol. The van der Waals surface area contributed by atoms with Crippen LogP contribution in [0.1, 0.15) is 41.3 Å². The molecule has 1 aromatic carbocycles. The van der Waals surface area contributed by atoms with Gasteiger partial charge in [0.1, 0.15) is 17.4 Å². The second-order valence-electron chi connectivity index (χ2n) is 6.07. The molecule has 1 amide bonds. The Morgan fingerprint density at radius 3 is 2.65 bits per heavy atom. The lowest BCUT2D eigenvalue weighted by Crippen LogP contribution is -2.26. The van der Waals surface area contributed by atoms with Crippen LogP contribution in [0.4, 0.5) is 13.2 Å². The summed E-state index contributed by atoms with van der Waals surface area (Å²) in [7, 11) is 0. The van der Waals surface area contributed by atoms with Gasteiger partial charge in [-0.25, -0.2) is 0 Å². The summed E-state index contributed by atoms with van der Waals surface area (Å²) in [6, 6.07) is 4.81. The van der Waals surface area contributed by atoms with Gasteiger partial charge in [0.2, 0.25) is 0 Å². The molecule has 2 heterocycles. The average Bonchev–Trinajstić information content (AvgIpc) is 2.81. The van der Waals surface area contributed by atoms with Crippen molar-refractivity contribution >= 4 is 5.91 Å². The van der Waals surface area contributed by atoms with Gasteiger partial charge in [-0.2, -0.15) is 0 Å². The van der Waals surface area contributed by atoms with Gasteiger partial charge in [0.25, 0.3) is 5.91 Å². The molecule has 0 atom stereocenters. The third kappa shape index (κ3) is 4.74. The molecule has 0 saturated heterocycles. The summed E-state index contributed by atoms with van der Waals surface area (Å²) in [6.45, 7) is 1.27. The molecule has 6 nitrogen and oxygen atoms in total. The zero-order valence-electron chi connectivity index (χ0n) is 14.1. The van der Waals surface area contributed by atoms with E-state index >= 15 is 0 Å². The number of aryl methyl sites for hydroxylation is 1. The molecule has 2 aromatic rings. The summed E-state index contributed by atoms with van der Waals surface area (Å²) in [4.78, 5) is 12.1. The number of halogens is 3. The van der Waals surface area contributed by atoms with Crippen LogP contribution in [0.25, 0.3) is 0 Å². The number of nitrogens with zero attached hydrogens (tertiary/aromatic N) is 3. The average molecular weight is 368 g/mol. The molecule has 0 fully saturated rings. The monoisotopic (exact) mass is 368 g/mol. The third-order valence-electron chi connectivity index (χ3n) is 4.17. The molecule has 1 aliphatic heterocycles. The number of hydrogen-bond donors (Lipinski definition) is 1. The van der Waals surface area contributed by atoms with E-state index in [1.165, 1.54) is 18.6 Å². The minimum Gasteiger partial charge on any atom is -0.406 e. The lowest BCUT2D eigenvalue weighted by atomic mass is 10.2. The van der Waals surface area contributed by atoms with E-state index < -0.39 is 6.36 Å². The Morgan fingerprint density at radius 1 is 1.15 bits per heavy atom. The van der Waals surface area contributed by atoms with Gasteiger partial charge in [0.05, 0.1) is 0 Å². The maximum Gasteiger partial charge on any atom is 0.573 e. The number of ether oxygens (including phenoxy) is 1. The van der Waals surface area contributed by atoms with Crippen molar-refractivity contribution in [3.05, 3.63) is 41.5 Å². The van der Waals surface area contributed by atoms with E-state index in [1.807, 2.05) is 0 Å². The van der Waals surface area contributed by atoms with E-state index in [2.05, 4.69) is 24.8 Å². The van der Waals surface area contributed by atoms with Crippen molar-refractivity contribution in [2.45, 2.75) is 45.0 Å². The molecule has 1 aromatic heterocycles. The van der Waals surface area contributed by atoms with Crippen LogP contribution in [0.5, 0.6) is 5.75 Å². The van der Waals surface area contributed by atoms with Gasteiger partial charge in [-0.1, -0.05) is 6.42 Å². The number of alkyl halides is 3. The highest BCUT2D eigenvalue weighted by Gasteiger charge is 2.31. The van der Waals surface area contributed by atoms with Gasteiger partial charge in [0, 0.05) is 31.5 Å². The Morgan fingerprint density at radius 2 is 1.92 bits per heavy atom. The lowest BCUT2D eigenvalue weighted by molar-refractivity contribution is -0.274. The molecule has 0 spiro atoms. The molecule has 1 aliphatic rings. The highest BCUT2D eigenvalue weighted by atomic mass is 19.4. The minimum atomic E-state index is -4.75. The van der Waals surface area contributed by atoms with E-state index in [-0.39, 0.29) is 17.2 Å². The summed E-state index contributed by atoms with van der Waals surface area (Å²) in [6.07, 6.45) is 0.104. The fraction of sp³-hybridized carbons (Fsp3) is 0.471. The molecule has 0 saturated carbocycles. The first kappa shape index (κ1) is 18.2. The topological polar surface area (TPSA) is 69.0 Å². The van der Waals surface area contributed by atoms with Gasteiger partial charge >= 0.3 is 6.36 Å². The molecule has 0 radical (unpaired) electrons. The zero-order chi connectivity index (χ0) is 18.6. The SMILES string of the molecule is O=C(NCCc1nnc2n1CCCCC2)c1ccc(OC(F)(F)F)cc1. The molecule has 140 valence electrons. The van der Waals surface area contributed by atoms with Crippen molar-refractivity contribution in [2.75, 3.05) is 6.54 Å². The van der Waals surface area contributed by atoms with Crippen LogP contribution in [-0.4, -0.2) is 33.6 Å². The van der Waals surface area contributed by atoms with Crippen LogP contribution in [0.2, 0.25) is 0 Å². The zero-order valence-corrected chi connectivity index (χ0v) is 14.1. The maximum atomic E-state index is 12.1. The normalized spacial score (nSPS) is 14.4. The van der Waals surface area contributed by atoms with Crippen molar-refractivity contribution in [1.29, 1.82) is 0 Å². The summed E-state index contributed by atoms with van der Waals surface area (Å²) >= 11 is 0. The van der Waals surface area contributed by atoms with Crippen molar-refractivity contribution in [3.63, 3.8) is 0 Å². The molecule has 0 bridgehead atoms. The first-order valence-corrected chi connectivity index (χ1v) is 8.47. The Labute approximate surface area is 148 Å². The fourth-order valence-electron chi connectivity index (χ4n) is 2.93. The predicted molar refractivity (Wildman–Crippen MR) is 86.7 cm³/mol. The number of carbonyl (C=O) groups excluding carboxylic acids is 1. The fourth-order valence-corrected chi connectivity index (χ4v) is 2.93. The first-order valence-electron chi connectivity index (χ1n) is 8.47. The Balaban J connectivity index is 1.52. The highest BCUT2D eigenvalue weighted by molar-refractivity contribution is 5.94. The largest absolute Gasteiger partial charge is 0.573 e. The Kier molecular flexibility index (Phi) is 5.43.